The minimum atomic E-state index is -1.17. The Bertz CT molecular complexity index is 697. The van der Waals surface area contributed by atoms with Gasteiger partial charge < -0.3 is 9.84 Å². The summed E-state index contributed by atoms with van der Waals surface area (Å²) in [6.07, 6.45) is 2.99. The van der Waals surface area contributed by atoms with E-state index in [0.29, 0.717) is 0 Å². The molecule has 0 saturated heterocycles. The predicted molar refractivity (Wildman–Crippen MR) is 83.8 cm³/mol. The van der Waals surface area contributed by atoms with Crippen LogP contribution >= 0.6 is 11.6 Å². The SMILES string of the molecule is CCOC(=O)/C(C=NC1CC1)=C(\O)c1cc(F)c(F)c(C)c1Cl. The molecule has 23 heavy (non-hydrogen) atoms. The summed E-state index contributed by atoms with van der Waals surface area (Å²) in [5.41, 5.74) is -0.588. The molecule has 0 bridgehead atoms. The maximum atomic E-state index is 13.6. The minimum absolute atomic E-state index is 0.0947. The van der Waals surface area contributed by atoms with E-state index in [-0.39, 0.29) is 34.4 Å². The smallest absolute Gasteiger partial charge is 0.343 e. The summed E-state index contributed by atoms with van der Waals surface area (Å²) in [7, 11) is 0. The van der Waals surface area contributed by atoms with E-state index >= 15 is 0 Å². The van der Waals surface area contributed by atoms with E-state index < -0.39 is 23.4 Å². The van der Waals surface area contributed by atoms with Crippen molar-refractivity contribution in [2.45, 2.75) is 32.7 Å². The zero-order valence-corrected chi connectivity index (χ0v) is 13.5. The summed E-state index contributed by atoms with van der Waals surface area (Å²) in [5.74, 6) is -3.68. The third-order valence-electron chi connectivity index (χ3n) is 3.34. The molecule has 1 N–H and O–H groups in total. The van der Waals surface area contributed by atoms with Gasteiger partial charge in [-0.2, -0.15) is 0 Å². The van der Waals surface area contributed by atoms with Gasteiger partial charge >= 0.3 is 5.97 Å². The second-order valence-electron chi connectivity index (χ2n) is 5.15. The molecule has 2 rings (SSSR count). The highest BCUT2D eigenvalue weighted by Gasteiger charge is 2.24. The van der Waals surface area contributed by atoms with Crippen molar-refractivity contribution in [2.24, 2.45) is 4.99 Å². The van der Waals surface area contributed by atoms with Crippen LogP contribution in [0.2, 0.25) is 5.02 Å². The van der Waals surface area contributed by atoms with Crippen LogP contribution in [0.4, 0.5) is 8.78 Å². The quantitative estimate of drug-likeness (QED) is 0.289. The van der Waals surface area contributed by atoms with E-state index in [1.807, 2.05) is 0 Å². The van der Waals surface area contributed by atoms with Crippen molar-refractivity contribution in [1.29, 1.82) is 0 Å². The van der Waals surface area contributed by atoms with Gasteiger partial charge in [0, 0.05) is 17.3 Å². The summed E-state index contributed by atoms with van der Waals surface area (Å²) in [6.45, 7) is 2.98. The van der Waals surface area contributed by atoms with Crippen LogP contribution in [0.1, 0.15) is 30.9 Å². The summed E-state index contributed by atoms with van der Waals surface area (Å²) in [5, 5.41) is 10.2. The van der Waals surface area contributed by atoms with Gasteiger partial charge in [0.1, 0.15) is 11.3 Å². The van der Waals surface area contributed by atoms with Crippen molar-refractivity contribution >= 4 is 29.5 Å². The number of nitrogens with zero attached hydrogens (tertiary/aromatic N) is 1. The average molecular weight is 344 g/mol. The molecular formula is C16H16ClF2NO3. The zero-order chi connectivity index (χ0) is 17.1. The maximum Gasteiger partial charge on any atom is 0.343 e. The molecule has 0 atom stereocenters. The molecule has 124 valence electrons. The average Bonchev–Trinajstić information content (AvgIpc) is 3.33. The first kappa shape index (κ1) is 17.4. The fraction of sp³-hybridized carbons (Fsp3) is 0.375. The maximum absolute atomic E-state index is 13.6. The number of benzene rings is 1. The van der Waals surface area contributed by atoms with Crippen molar-refractivity contribution in [3.8, 4) is 0 Å². The molecule has 0 aliphatic heterocycles. The highest BCUT2D eigenvalue weighted by Crippen LogP contribution is 2.31. The molecule has 0 aromatic heterocycles. The second kappa shape index (κ2) is 7.08. The largest absolute Gasteiger partial charge is 0.506 e. The van der Waals surface area contributed by atoms with Gasteiger partial charge in [0.25, 0.3) is 0 Å². The van der Waals surface area contributed by atoms with Gasteiger partial charge in [0.2, 0.25) is 0 Å². The topological polar surface area (TPSA) is 58.9 Å². The predicted octanol–water partition coefficient (Wildman–Crippen LogP) is 3.99. The van der Waals surface area contributed by atoms with Crippen molar-refractivity contribution < 1.29 is 23.4 Å². The lowest BCUT2D eigenvalue weighted by Gasteiger charge is -2.11. The van der Waals surface area contributed by atoms with E-state index in [9.17, 15) is 18.7 Å². The third-order valence-corrected chi connectivity index (χ3v) is 3.83. The first-order valence-electron chi connectivity index (χ1n) is 7.14. The molecule has 0 amide bonds. The van der Waals surface area contributed by atoms with E-state index in [1.54, 1.807) is 6.92 Å². The van der Waals surface area contributed by atoms with Crippen molar-refractivity contribution in [2.75, 3.05) is 6.61 Å². The molecule has 1 aromatic rings. The van der Waals surface area contributed by atoms with Crippen LogP contribution in [-0.2, 0) is 9.53 Å². The molecule has 4 nitrogen and oxygen atoms in total. The Kier molecular flexibility index (Phi) is 5.36. The number of esters is 1. The van der Waals surface area contributed by atoms with Gasteiger partial charge in [-0.3, -0.25) is 4.99 Å². The fourth-order valence-electron chi connectivity index (χ4n) is 1.87. The number of hydrogen-bond acceptors (Lipinski definition) is 4. The van der Waals surface area contributed by atoms with Gasteiger partial charge in [-0.05, 0) is 32.8 Å². The zero-order valence-electron chi connectivity index (χ0n) is 12.7. The number of ether oxygens (including phenoxy) is 1. The lowest BCUT2D eigenvalue weighted by atomic mass is 10.1. The highest BCUT2D eigenvalue weighted by molar-refractivity contribution is 6.33. The van der Waals surface area contributed by atoms with Crippen molar-refractivity contribution in [3.05, 3.63) is 39.4 Å². The number of aliphatic hydroxyl groups is 1. The van der Waals surface area contributed by atoms with Crippen LogP contribution in [0.3, 0.4) is 0 Å². The van der Waals surface area contributed by atoms with Gasteiger partial charge in [-0.15, -0.1) is 0 Å². The van der Waals surface area contributed by atoms with Gasteiger partial charge in [0.15, 0.2) is 11.6 Å². The van der Waals surface area contributed by atoms with Crippen LogP contribution in [0.5, 0.6) is 0 Å². The Morgan fingerprint density at radius 2 is 2.17 bits per heavy atom. The van der Waals surface area contributed by atoms with E-state index in [1.165, 1.54) is 13.1 Å². The monoisotopic (exact) mass is 343 g/mol. The Balaban J connectivity index is 2.54. The first-order valence-corrected chi connectivity index (χ1v) is 7.52. The van der Waals surface area contributed by atoms with Crippen LogP contribution in [0.15, 0.2) is 16.6 Å². The molecule has 7 heteroatoms. The lowest BCUT2D eigenvalue weighted by molar-refractivity contribution is -0.137. The summed E-state index contributed by atoms with van der Waals surface area (Å²) < 4.78 is 32.0. The first-order chi connectivity index (χ1) is 10.9. The molecule has 0 heterocycles. The second-order valence-corrected chi connectivity index (χ2v) is 5.53. The number of aliphatic imine (C=N–C) groups is 1. The van der Waals surface area contributed by atoms with E-state index in [2.05, 4.69) is 4.99 Å². The lowest BCUT2D eigenvalue weighted by Crippen LogP contribution is -2.12. The van der Waals surface area contributed by atoms with Gasteiger partial charge in [0.05, 0.1) is 17.7 Å². The summed E-state index contributed by atoms with van der Waals surface area (Å²) >= 11 is 5.97. The molecule has 0 unspecified atom stereocenters. The number of aliphatic hydroxyl groups excluding tert-OH is 1. The molecule has 1 aliphatic rings. The molecule has 1 saturated carbocycles. The van der Waals surface area contributed by atoms with Gasteiger partial charge in [-0.25, -0.2) is 13.6 Å². The van der Waals surface area contributed by atoms with E-state index in [4.69, 9.17) is 16.3 Å². The van der Waals surface area contributed by atoms with E-state index in [0.717, 1.165) is 18.9 Å². The Morgan fingerprint density at radius 3 is 2.74 bits per heavy atom. The summed E-state index contributed by atoms with van der Waals surface area (Å²) in [6, 6.07) is 0.846. The minimum Gasteiger partial charge on any atom is -0.506 e. The number of hydrogen-bond donors (Lipinski definition) is 1. The molecule has 1 aliphatic carbocycles. The normalized spacial score (nSPS) is 15.7. The molecule has 1 fully saturated rings. The van der Waals surface area contributed by atoms with Crippen LogP contribution in [-0.4, -0.2) is 29.9 Å². The number of halogens is 3. The molecule has 1 aromatic carbocycles. The molecular weight excluding hydrogens is 328 g/mol. The third kappa shape index (κ3) is 3.88. The fourth-order valence-corrected chi connectivity index (χ4v) is 2.10. The van der Waals surface area contributed by atoms with Crippen LogP contribution < -0.4 is 0 Å². The van der Waals surface area contributed by atoms with Crippen LogP contribution in [0, 0.1) is 18.6 Å². The van der Waals surface area contributed by atoms with Gasteiger partial charge in [-0.1, -0.05) is 11.6 Å². The number of carbonyl (C=O) groups excluding carboxylic acids is 1. The highest BCUT2D eigenvalue weighted by atomic mass is 35.5. The van der Waals surface area contributed by atoms with Crippen molar-refractivity contribution in [3.63, 3.8) is 0 Å². The Hall–Kier alpha value is -1.95. The molecule has 0 spiro atoms. The Labute approximate surface area is 137 Å². The number of carbonyl (C=O) groups is 1. The standard InChI is InChI=1S/C16H16ClF2NO3/c1-3-23-16(22)11(7-20-9-4-5-9)15(21)10-6-12(18)14(19)8(2)13(10)17/h6-7,9,21H,3-5H2,1-2H3/b15-11-,20-7?. The molecule has 0 radical (unpaired) electrons. The van der Waals surface area contributed by atoms with Crippen LogP contribution in [0.25, 0.3) is 5.76 Å². The number of rotatable bonds is 5. The van der Waals surface area contributed by atoms with Crippen molar-refractivity contribution in [1.82, 2.24) is 0 Å². The summed E-state index contributed by atoms with van der Waals surface area (Å²) in [4.78, 5) is 16.1. The Morgan fingerprint density at radius 1 is 1.52 bits per heavy atom.